The van der Waals surface area contributed by atoms with E-state index in [0.29, 0.717) is 16.3 Å². The number of ether oxygens (including phenoxy) is 1. The summed E-state index contributed by atoms with van der Waals surface area (Å²) in [5.41, 5.74) is 3.26. The number of anilines is 1. The van der Waals surface area contributed by atoms with Crippen LogP contribution < -0.4 is 14.9 Å². The van der Waals surface area contributed by atoms with Crippen LogP contribution in [0.3, 0.4) is 0 Å². The number of phenols is 1. The van der Waals surface area contributed by atoms with Crippen LogP contribution in [0.2, 0.25) is 5.02 Å². The van der Waals surface area contributed by atoms with E-state index in [2.05, 4.69) is 15.2 Å². The molecule has 0 fully saturated rings. The molecule has 0 aromatic heterocycles. The molecule has 8 nitrogen and oxygen atoms in total. The third-order valence-electron chi connectivity index (χ3n) is 4.13. The van der Waals surface area contributed by atoms with E-state index < -0.39 is 15.9 Å². The van der Waals surface area contributed by atoms with Crippen LogP contribution in [-0.4, -0.2) is 32.8 Å². The van der Waals surface area contributed by atoms with Crippen molar-refractivity contribution in [2.45, 2.75) is 4.90 Å². The van der Waals surface area contributed by atoms with Crippen molar-refractivity contribution in [3.8, 4) is 11.5 Å². The highest BCUT2D eigenvalue weighted by molar-refractivity contribution is 7.92. The number of phenolic OH excluding ortho intramolecular Hbond substituents is 1. The minimum Gasteiger partial charge on any atom is -0.507 e. The number of hydrogen-bond acceptors (Lipinski definition) is 6. The molecule has 10 heteroatoms. The minimum atomic E-state index is -3.78. The average molecular weight is 460 g/mol. The number of nitrogens with one attached hydrogen (secondary N) is 2. The fourth-order valence-electron chi connectivity index (χ4n) is 2.51. The van der Waals surface area contributed by atoms with E-state index >= 15 is 0 Å². The Morgan fingerprint density at radius 2 is 1.74 bits per heavy atom. The molecule has 0 saturated carbocycles. The first kappa shape index (κ1) is 22.1. The number of nitrogens with zero attached hydrogens (tertiary/aromatic N) is 1. The van der Waals surface area contributed by atoms with Crippen LogP contribution in [0, 0.1) is 0 Å². The molecule has 3 aromatic carbocycles. The number of benzene rings is 3. The van der Waals surface area contributed by atoms with E-state index in [1.165, 1.54) is 67.9 Å². The number of amides is 1. The summed E-state index contributed by atoms with van der Waals surface area (Å²) in [7, 11) is -2.29. The molecule has 3 aromatic rings. The standard InChI is InChI=1S/C21H18ClN3O5S/c1-30-18-8-11-20(26)15(12-18)13-23-24-21(27)14-2-6-17(7-3-14)25-31(28,29)19-9-4-16(22)5-10-19/h2-13,25-26H,1H3,(H,24,27)/b23-13-. The van der Waals surface area contributed by atoms with Gasteiger partial charge in [0.1, 0.15) is 11.5 Å². The van der Waals surface area contributed by atoms with Gasteiger partial charge >= 0.3 is 0 Å². The van der Waals surface area contributed by atoms with Crippen LogP contribution in [0.15, 0.2) is 76.7 Å². The number of carbonyl (C=O) groups excluding carboxylic acids is 1. The van der Waals surface area contributed by atoms with E-state index in [1.807, 2.05) is 0 Å². The number of aromatic hydroxyl groups is 1. The molecule has 0 saturated heterocycles. The Kier molecular flexibility index (Phi) is 6.78. The van der Waals surface area contributed by atoms with E-state index in [4.69, 9.17) is 16.3 Å². The van der Waals surface area contributed by atoms with Crippen molar-refractivity contribution in [3.05, 3.63) is 82.9 Å². The van der Waals surface area contributed by atoms with Gasteiger partial charge in [-0.05, 0) is 66.7 Å². The lowest BCUT2D eigenvalue weighted by Gasteiger charge is -2.09. The summed E-state index contributed by atoms with van der Waals surface area (Å²) in [6, 6.07) is 16.2. The molecular formula is C21H18ClN3O5S. The topological polar surface area (TPSA) is 117 Å². The molecule has 1 amide bonds. The molecule has 0 heterocycles. The van der Waals surface area contributed by atoms with Crippen molar-refractivity contribution in [1.82, 2.24) is 5.43 Å². The van der Waals surface area contributed by atoms with E-state index in [0.717, 1.165) is 0 Å². The van der Waals surface area contributed by atoms with Gasteiger partial charge in [-0.3, -0.25) is 9.52 Å². The smallest absolute Gasteiger partial charge is 0.271 e. The third-order valence-corrected chi connectivity index (χ3v) is 5.78. The summed E-state index contributed by atoms with van der Waals surface area (Å²) in [5.74, 6) is 0.00378. The van der Waals surface area contributed by atoms with Crippen LogP contribution in [-0.2, 0) is 10.0 Å². The van der Waals surface area contributed by atoms with E-state index in [1.54, 1.807) is 12.1 Å². The summed E-state index contributed by atoms with van der Waals surface area (Å²) in [6.45, 7) is 0. The second-order valence-corrected chi connectivity index (χ2v) is 8.38. The Bertz CT molecular complexity index is 1210. The first-order valence-corrected chi connectivity index (χ1v) is 10.7. The summed E-state index contributed by atoms with van der Waals surface area (Å²) >= 11 is 5.78. The fourth-order valence-corrected chi connectivity index (χ4v) is 3.69. The van der Waals surface area contributed by atoms with Crippen LogP contribution in [0.4, 0.5) is 5.69 Å². The molecule has 0 aliphatic rings. The average Bonchev–Trinajstić information content (AvgIpc) is 2.75. The normalized spacial score (nSPS) is 11.3. The molecule has 160 valence electrons. The molecule has 0 unspecified atom stereocenters. The molecule has 0 radical (unpaired) electrons. The quantitative estimate of drug-likeness (QED) is 0.368. The van der Waals surface area contributed by atoms with Gasteiger partial charge in [-0.15, -0.1) is 0 Å². The van der Waals surface area contributed by atoms with Gasteiger partial charge in [0.25, 0.3) is 15.9 Å². The Balaban J connectivity index is 1.64. The van der Waals surface area contributed by atoms with Gasteiger partial charge in [0.05, 0.1) is 18.2 Å². The third kappa shape index (κ3) is 5.74. The van der Waals surface area contributed by atoms with Crippen molar-refractivity contribution in [3.63, 3.8) is 0 Å². The maximum Gasteiger partial charge on any atom is 0.271 e. The fraction of sp³-hybridized carbons (Fsp3) is 0.0476. The van der Waals surface area contributed by atoms with Crippen LogP contribution in [0.25, 0.3) is 0 Å². The van der Waals surface area contributed by atoms with Crippen molar-refractivity contribution in [2.75, 3.05) is 11.8 Å². The SMILES string of the molecule is COc1ccc(O)c(/C=N\NC(=O)c2ccc(NS(=O)(=O)c3ccc(Cl)cc3)cc2)c1. The summed E-state index contributed by atoms with van der Waals surface area (Å²) in [6.07, 6.45) is 1.28. The zero-order chi connectivity index (χ0) is 22.4. The van der Waals surface area contributed by atoms with Crippen molar-refractivity contribution in [2.24, 2.45) is 5.10 Å². The van der Waals surface area contributed by atoms with Gasteiger partial charge in [0.15, 0.2) is 0 Å². The molecule has 0 spiro atoms. The number of methoxy groups -OCH3 is 1. The van der Waals surface area contributed by atoms with Gasteiger partial charge < -0.3 is 9.84 Å². The summed E-state index contributed by atoms with van der Waals surface area (Å²) in [4.78, 5) is 12.3. The Morgan fingerprint density at radius 3 is 2.39 bits per heavy atom. The van der Waals surface area contributed by atoms with Crippen molar-refractivity contribution in [1.29, 1.82) is 0 Å². The first-order chi connectivity index (χ1) is 14.8. The number of halogens is 1. The number of hydrazone groups is 1. The van der Waals surface area contributed by atoms with Gasteiger partial charge in [-0.1, -0.05) is 11.6 Å². The molecule has 0 atom stereocenters. The molecule has 0 aliphatic carbocycles. The largest absolute Gasteiger partial charge is 0.507 e. The second-order valence-electron chi connectivity index (χ2n) is 6.26. The van der Waals surface area contributed by atoms with Crippen LogP contribution in [0.5, 0.6) is 11.5 Å². The van der Waals surface area contributed by atoms with Gasteiger partial charge in [-0.2, -0.15) is 5.10 Å². The van der Waals surface area contributed by atoms with Gasteiger partial charge in [0, 0.05) is 21.8 Å². The summed E-state index contributed by atoms with van der Waals surface area (Å²) in [5, 5.41) is 14.1. The number of carbonyl (C=O) groups is 1. The Hall–Kier alpha value is -3.56. The lowest BCUT2D eigenvalue weighted by molar-refractivity contribution is 0.0955. The molecule has 3 N–H and O–H groups in total. The maximum atomic E-state index is 12.4. The highest BCUT2D eigenvalue weighted by Crippen LogP contribution is 2.21. The number of hydrogen-bond donors (Lipinski definition) is 3. The predicted octanol–water partition coefficient (Wildman–Crippen LogP) is 3.62. The van der Waals surface area contributed by atoms with Gasteiger partial charge in [-0.25, -0.2) is 13.8 Å². The van der Waals surface area contributed by atoms with Crippen molar-refractivity contribution >= 4 is 39.4 Å². The summed E-state index contributed by atoms with van der Waals surface area (Å²) < 4.78 is 32.3. The van der Waals surface area contributed by atoms with Gasteiger partial charge in [0.2, 0.25) is 0 Å². The van der Waals surface area contributed by atoms with Crippen LogP contribution in [0.1, 0.15) is 15.9 Å². The molecular weight excluding hydrogens is 442 g/mol. The minimum absolute atomic E-state index is 0.0175. The second kappa shape index (κ2) is 9.50. The molecule has 0 bridgehead atoms. The maximum absolute atomic E-state index is 12.4. The molecule has 0 aliphatic heterocycles. The van der Waals surface area contributed by atoms with Crippen LogP contribution >= 0.6 is 11.6 Å². The predicted molar refractivity (Wildman–Crippen MR) is 118 cm³/mol. The highest BCUT2D eigenvalue weighted by Gasteiger charge is 2.14. The zero-order valence-corrected chi connectivity index (χ0v) is 17.8. The first-order valence-electron chi connectivity index (χ1n) is 8.87. The number of sulfonamides is 1. The molecule has 3 rings (SSSR count). The van der Waals surface area contributed by atoms with Crippen molar-refractivity contribution < 1.29 is 23.1 Å². The van der Waals surface area contributed by atoms with E-state index in [9.17, 15) is 18.3 Å². The lowest BCUT2D eigenvalue weighted by Crippen LogP contribution is -2.18. The van der Waals surface area contributed by atoms with E-state index in [-0.39, 0.29) is 21.9 Å². The Labute approximate surface area is 184 Å². The lowest BCUT2D eigenvalue weighted by atomic mass is 10.2. The monoisotopic (exact) mass is 459 g/mol. The number of rotatable bonds is 7. The molecule has 31 heavy (non-hydrogen) atoms. The highest BCUT2D eigenvalue weighted by atomic mass is 35.5. The zero-order valence-electron chi connectivity index (χ0n) is 16.2. The Morgan fingerprint density at radius 1 is 1.06 bits per heavy atom.